The average Bonchev–Trinajstić information content (AvgIpc) is 2.34. The minimum atomic E-state index is -4.60. The highest BCUT2D eigenvalue weighted by molar-refractivity contribution is 6.13. The SMILES string of the molecule is CCOC(=O)C(F)(F)C(=O)c1cc(F)c(F)c(F)c1. The van der Waals surface area contributed by atoms with Crippen LogP contribution in [0.2, 0.25) is 0 Å². The lowest BCUT2D eigenvalue weighted by atomic mass is 10.0. The average molecular weight is 282 g/mol. The first-order valence-electron chi connectivity index (χ1n) is 4.96. The maximum atomic E-state index is 13.3. The van der Waals surface area contributed by atoms with Crippen LogP contribution in [0.3, 0.4) is 0 Å². The highest BCUT2D eigenvalue weighted by Gasteiger charge is 2.49. The van der Waals surface area contributed by atoms with Crippen molar-refractivity contribution in [2.45, 2.75) is 12.8 Å². The zero-order chi connectivity index (χ0) is 14.8. The van der Waals surface area contributed by atoms with Gasteiger partial charge in [-0.3, -0.25) is 4.79 Å². The van der Waals surface area contributed by atoms with E-state index >= 15 is 0 Å². The van der Waals surface area contributed by atoms with E-state index in [1.165, 1.54) is 6.92 Å². The van der Waals surface area contributed by atoms with Crippen LogP contribution in [-0.2, 0) is 9.53 Å². The number of ether oxygens (including phenoxy) is 1. The number of hydrogen-bond donors (Lipinski definition) is 0. The molecule has 0 fully saturated rings. The largest absolute Gasteiger partial charge is 0.461 e. The Labute approximate surface area is 104 Å². The first-order valence-corrected chi connectivity index (χ1v) is 4.96. The number of carbonyl (C=O) groups is 2. The van der Waals surface area contributed by atoms with Crippen molar-refractivity contribution in [3.63, 3.8) is 0 Å². The highest BCUT2D eigenvalue weighted by atomic mass is 19.3. The Kier molecular flexibility index (Phi) is 4.23. The normalized spacial score (nSPS) is 11.3. The molecule has 3 nitrogen and oxygen atoms in total. The van der Waals surface area contributed by atoms with E-state index in [0.29, 0.717) is 0 Å². The van der Waals surface area contributed by atoms with E-state index in [0.717, 1.165) is 0 Å². The first-order chi connectivity index (χ1) is 8.71. The van der Waals surface area contributed by atoms with Crippen molar-refractivity contribution >= 4 is 11.8 Å². The molecular formula is C11H7F5O3. The summed E-state index contributed by atoms with van der Waals surface area (Å²) < 4.78 is 68.8. The van der Waals surface area contributed by atoms with E-state index in [4.69, 9.17) is 0 Å². The van der Waals surface area contributed by atoms with Gasteiger partial charge in [0.2, 0.25) is 5.78 Å². The van der Waals surface area contributed by atoms with Gasteiger partial charge in [-0.2, -0.15) is 8.78 Å². The van der Waals surface area contributed by atoms with Crippen molar-refractivity contribution in [3.05, 3.63) is 35.1 Å². The predicted octanol–water partition coefficient (Wildman–Crippen LogP) is 2.49. The van der Waals surface area contributed by atoms with Crippen LogP contribution in [-0.4, -0.2) is 24.3 Å². The van der Waals surface area contributed by atoms with Crippen molar-refractivity contribution in [2.75, 3.05) is 6.61 Å². The molecule has 8 heteroatoms. The summed E-state index contributed by atoms with van der Waals surface area (Å²) in [4.78, 5) is 22.2. The summed E-state index contributed by atoms with van der Waals surface area (Å²) in [5, 5.41) is 0. The number of rotatable bonds is 4. The van der Waals surface area contributed by atoms with E-state index in [1.54, 1.807) is 0 Å². The summed E-state index contributed by atoms with van der Waals surface area (Å²) in [6, 6.07) is 0.155. The second-order valence-electron chi connectivity index (χ2n) is 3.38. The van der Waals surface area contributed by atoms with E-state index in [1.807, 2.05) is 0 Å². The van der Waals surface area contributed by atoms with E-state index in [9.17, 15) is 31.5 Å². The minimum Gasteiger partial charge on any atom is -0.461 e. The maximum Gasteiger partial charge on any atom is 0.404 e. The van der Waals surface area contributed by atoms with Crippen molar-refractivity contribution in [1.29, 1.82) is 0 Å². The van der Waals surface area contributed by atoms with Crippen molar-refractivity contribution < 1.29 is 36.3 Å². The van der Waals surface area contributed by atoms with Crippen molar-refractivity contribution in [2.24, 2.45) is 0 Å². The number of ketones is 1. The van der Waals surface area contributed by atoms with Crippen molar-refractivity contribution in [1.82, 2.24) is 0 Å². The summed E-state index contributed by atoms with van der Waals surface area (Å²) in [5.74, 6) is -14.5. The van der Waals surface area contributed by atoms with Gasteiger partial charge >= 0.3 is 11.9 Å². The molecule has 0 amide bonds. The van der Waals surface area contributed by atoms with Gasteiger partial charge in [0, 0.05) is 5.56 Å². The lowest BCUT2D eigenvalue weighted by Gasteiger charge is -2.13. The fourth-order valence-electron chi connectivity index (χ4n) is 1.18. The zero-order valence-electron chi connectivity index (χ0n) is 9.48. The molecule has 1 rings (SSSR count). The Morgan fingerprint density at radius 2 is 1.63 bits per heavy atom. The molecule has 0 saturated heterocycles. The van der Waals surface area contributed by atoms with Gasteiger partial charge in [0.15, 0.2) is 17.5 Å². The molecule has 0 aliphatic rings. The molecule has 0 saturated carbocycles. The smallest absolute Gasteiger partial charge is 0.404 e. The van der Waals surface area contributed by atoms with Crippen LogP contribution in [0.5, 0.6) is 0 Å². The third kappa shape index (κ3) is 2.88. The number of esters is 1. The fourth-order valence-corrected chi connectivity index (χ4v) is 1.18. The third-order valence-corrected chi connectivity index (χ3v) is 2.06. The Morgan fingerprint density at radius 3 is 2.05 bits per heavy atom. The minimum absolute atomic E-state index is 0.0773. The molecular weight excluding hydrogens is 275 g/mol. The number of carbonyl (C=O) groups excluding carboxylic acids is 2. The van der Waals surface area contributed by atoms with Gasteiger partial charge in [-0.25, -0.2) is 18.0 Å². The van der Waals surface area contributed by atoms with Gasteiger partial charge in [-0.15, -0.1) is 0 Å². The highest BCUT2D eigenvalue weighted by Crippen LogP contribution is 2.24. The predicted molar refractivity (Wildman–Crippen MR) is 52.2 cm³/mol. The fraction of sp³-hybridized carbons (Fsp3) is 0.273. The first kappa shape index (κ1) is 15.1. The molecule has 0 bridgehead atoms. The monoisotopic (exact) mass is 282 g/mol. The Bertz CT molecular complexity index is 504. The zero-order valence-corrected chi connectivity index (χ0v) is 9.48. The molecule has 0 heterocycles. The van der Waals surface area contributed by atoms with Gasteiger partial charge in [0.05, 0.1) is 6.61 Å². The third-order valence-electron chi connectivity index (χ3n) is 2.06. The van der Waals surface area contributed by atoms with Crippen molar-refractivity contribution in [3.8, 4) is 0 Å². The van der Waals surface area contributed by atoms with E-state index in [-0.39, 0.29) is 12.1 Å². The molecule has 0 aliphatic heterocycles. The maximum absolute atomic E-state index is 13.3. The van der Waals surface area contributed by atoms with Crippen LogP contribution in [0.25, 0.3) is 0 Å². The van der Waals surface area contributed by atoms with Gasteiger partial charge in [-0.05, 0) is 19.1 Å². The number of benzene rings is 1. The molecule has 0 aromatic heterocycles. The van der Waals surface area contributed by atoms with Gasteiger partial charge in [-0.1, -0.05) is 0 Å². The second kappa shape index (κ2) is 5.33. The molecule has 104 valence electrons. The summed E-state index contributed by atoms with van der Waals surface area (Å²) >= 11 is 0. The second-order valence-corrected chi connectivity index (χ2v) is 3.38. The van der Waals surface area contributed by atoms with Crippen LogP contribution in [0.15, 0.2) is 12.1 Å². The quantitative estimate of drug-likeness (QED) is 0.280. The number of alkyl halides is 2. The Morgan fingerprint density at radius 1 is 1.16 bits per heavy atom. The van der Waals surface area contributed by atoms with E-state index < -0.39 is 47.3 Å². The number of hydrogen-bond acceptors (Lipinski definition) is 3. The summed E-state index contributed by atoms with van der Waals surface area (Å²) in [6.45, 7) is 0.823. The molecule has 0 N–H and O–H groups in total. The van der Waals surface area contributed by atoms with Gasteiger partial charge in [0.25, 0.3) is 0 Å². The van der Waals surface area contributed by atoms with Crippen LogP contribution >= 0.6 is 0 Å². The Hall–Kier alpha value is -1.99. The molecule has 0 spiro atoms. The standard InChI is InChI=1S/C11H7F5O3/c1-2-19-10(18)11(15,16)9(17)5-3-6(12)8(14)7(13)4-5/h3-4H,2H2,1H3. The number of Topliss-reactive ketones (excluding diaryl/α,β-unsaturated/α-hetero) is 1. The summed E-state index contributed by atoms with van der Waals surface area (Å²) in [7, 11) is 0. The lowest BCUT2D eigenvalue weighted by Crippen LogP contribution is -2.39. The molecule has 0 radical (unpaired) electrons. The van der Waals surface area contributed by atoms with Crippen LogP contribution in [0.4, 0.5) is 22.0 Å². The number of halogens is 5. The molecule has 0 atom stereocenters. The molecule has 1 aromatic carbocycles. The lowest BCUT2D eigenvalue weighted by molar-refractivity contribution is -0.164. The summed E-state index contributed by atoms with van der Waals surface area (Å²) in [5.41, 5.74) is -1.17. The summed E-state index contributed by atoms with van der Waals surface area (Å²) in [6.07, 6.45) is 0. The Balaban J connectivity index is 3.16. The van der Waals surface area contributed by atoms with Gasteiger partial charge < -0.3 is 4.74 Å². The topological polar surface area (TPSA) is 43.4 Å². The van der Waals surface area contributed by atoms with Crippen LogP contribution in [0.1, 0.15) is 17.3 Å². The molecule has 0 unspecified atom stereocenters. The molecule has 1 aromatic rings. The van der Waals surface area contributed by atoms with Crippen LogP contribution in [0, 0.1) is 17.5 Å². The van der Waals surface area contributed by atoms with E-state index in [2.05, 4.69) is 4.74 Å². The van der Waals surface area contributed by atoms with Crippen LogP contribution < -0.4 is 0 Å². The molecule has 0 aliphatic carbocycles. The molecule has 19 heavy (non-hydrogen) atoms. The van der Waals surface area contributed by atoms with Gasteiger partial charge in [0.1, 0.15) is 0 Å².